The fourth-order valence-corrected chi connectivity index (χ4v) is 2.33. The van der Waals surface area contributed by atoms with Crippen molar-refractivity contribution >= 4 is 11.5 Å². The third kappa shape index (κ3) is 3.63. The van der Waals surface area contributed by atoms with Gasteiger partial charge in [-0.05, 0) is 49.7 Å². The highest BCUT2D eigenvalue weighted by molar-refractivity contribution is 5.99. The van der Waals surface area contributed by atoms with E-state index in [1.165, 1.54) is 5.56 Å². The molecule has 0 heterocycles. The summed E-state index contributed by atoms with van der Waals surface area (Å²) < 4.78 is 5.11. The SMILES string of the molecule is CCN(CC(=O)c1ccc(OC)cc1)c1ccccc1C. The van der Waals surface area contributed by atoms with Gasteiger partial charge in [0.1, 0.15) is 5.75 Å². The minimum Gasteiger partial charge on any atom is -0.497 e. The van der Waals surface area contributed by atoms with Crippen LogP contribution >= 0.6 is 0 Å². The molecule has 3 heteroatoms. The molecule has 2 aromatic carbocycles. The van der Waals surface area contributed by atoms with Crippen LogP contribution in [0.4, 0.5) is 5.69 Å². The molecule has 2 aromatic rings. The van der Waals surface area contributed by atoms with Crippen molar-refractivity contribution in [3.8, 4) is 5.75 Å². The molecule has 0 amide bonds. The fourth-order valence-electron chi connectivity index (χ4n) is 2.33. The molecule has 3 nitrogen and oxygen atoms in total. The van der Waals surface area contributed by atoms with Gasteiger partial charge in [0, 0.05) is 17.8 Å². The molecule has 0 aliphatic heterocycles. The van der Waals surface area contributed by atoms with Gasteiger partial charge in [0.05, 0.1) is 13.7 Å². The number of hydrogen-bond donors (Lipinski definition) is 0. The van der Waals surface area contributed by atoms with Crippen molar-refractivity contribution in [1.29, 1.82) is 0 Å². The number of methoxy groups -OCH3 is 1. The summed E-state index contributed by atoms with van der Waals surface area (Å²) in [4.78, 5) is 14.5. The summed E-state index contributed by atoms with van der Waals surface area (Å²) in [5.41, 5.74) is 3.01. The predicted octanol–water partition coefficient (Wildman–Crippen LogP) is 3.71. The molecule has 110 valence electrons. The van der Waals surface area contributed by atoms with E-state index in [1.54, 1.807) is 7.11 Å². The van der Waals surface area contributed by atoms with Crippen LogP contribution in [0.15, 0.2) is 48.5 Å². The summed E-state index contributed by atoms with van der Waals surface area (Å²) in [5.74, 6) is 0.876. The normalized spacial score (nSPS) is 10.2. The zero-order valence-electron chi connectivity index (χ0n) is 12.8. The van der Waals surface area contributed by atoms with Gasteiger partial charge in [-0.25, -0.2) is 0 Å². The molecule has 2 rings (SSSR count). The van der Waals surface area contributed by atoms with Gasteiger partial charge < -0.3 is 9.64 Å². The number of rotatable bonds is 6. The molecule has 0 aromatic heterocycles. The van der Waals surface area contributed by atoms with Crippen LogP contribution in [0.5, 0.6) is 5.75 Å². The molecule has 0 bridgehead atoms. The maximum atomic E-state index is 12.4. The van der Waals surface area contributed by atoms with E-state index in [0.29, 0.717) is 12.1 Å². The Hall–Kier alpha value is -2.29. The first-order valence-electron chi connectivity index (χ1n) is 7.13. The summed E-state index contributed by atoms with van der Waals surface area (Å²) in [7, 11) is 1.62. The minimum absolute atomic E-state index is 0.114. The number of para-hydroxylation sites is 1. The molecular weight excluding hydrogens is 262 g/mol. The van der Waals surface area contributed by atoms with Crippen LogP contribution in [0.2, 0.25) is 0 Å². The van der Waals surface area contributed by atoms with Gasteiger partial charge >= 0.3 is 0 Å². The lowest BCUT2D eigenvalue weighted by atomic mass is 10.1. The minimum atomic E-state index is 0.114. The molecule has 0 atom stereocenters. The van der Waals surface area contributed by atoms with Crippen molar-refractivity contribution in [1.82, 2.24) is 0 Å². The monoisotopic (exact) mass is 283 g/mol. The van der Waals surface area contributed by atoms with Crippen LogP contribution in [-0.2, 0) is 0 Å². The van der Waals surface area contributed by atoms with E-state index in [2.05, 4.69) is 30.9 Å². The first-order chi connectivity index (χ1) is 10.2. The average molecular weight is 283 g/mol. The number of carbonyl (C=O) groups is 1. The van der Waals surface area contributed by atoms with Gasteiger partial charge in [0.15, 0.2) is 5.78 Å². The lowest BCUT2D eigenvalue weighted by Crippen LogP contribution is -2.30. The lowest BCUT2D eigenvalue weighted by molar-refractivity contribution is 0.0999. The number of benzene rings is 2. The van der Waals surface area contributed by atoms with Crippen molar-refractivity contribution in [2.24, 2.45) is 0 Å². The summed E-state index contributed by atoms with van der Waals surface area (Å²) in [6, 6.07) is 15.4. The van der Waals surface area contributed by atoms with Crippen LogP contribution in [0, 0.1) is 6.92 Å². The van der Waals surface area contributed by atoms with Gasteiger partial charge in [0.25, 0.3) is 0 Å². The molecule has 0 saturated heterocycles. The lowest BCUT2D eigenvalue weighted by Gasteiger charge is -2.24. The Morgan fingerprint density at radius 1 is 1.10 bits per heavy atom. The molecule has 21 heavy (non-hydrogen) atoms. The zero-order valence-corrected chi connectivity index (χ0v) is 12.8. The number of anilines is 1. The second-order valence-corrected chi connectivity index (χ2v) is 4.95. The molecule has 0 fully saturated rings. The molecule has 0 radical (unpaired) electrons. The van der Waals surface area contributed by atoms with Crippen LogP contribution in [-0.4, -0.2) is 26.0 Å². The van der Waals surface area contributed by atoms with E-state index in [4.69, 9.17) is 4.74 Å². The van der Waals surface area contributed by atoms with Crippen molar-refractivity contribution in [3.63, 3.8) is 0 Å². The van der Waals surface area contributed by atoms with Crippen molar-refractivity contribution in [3.05, 3.63) is 59.7 Å². The van der Waals surface area contributed by atoms with Crippen molar-refractivity contribution in [2.75, 3.05) is 25.1 Å². The Bertz CT molecular complexity index is 605. The van der Waals surface area contributed by atoms with Gasteiger partial charge in [-0.15, -0.1) is 0 Å². The third-order valence-corrected chi connectivity index (χ3v) is 3.58. The number of ether oxygens (including phenoxy) is 1. The zero-order chi connectivity index (χ0) is 15.2. The fraction of sp³-hybridized carbons (Fsp3) is 0.278. The molecule has 0 N–H and O–H groups in total. The maximum Gasteiger partial charge on any atom is 0.182 e. The Labute approximate surface area is 126 Å². The largest absolute Gasteiger partial charge is 0.497 e. The maximum absolute atomic E-state index is 12.4. The van der Waals surface area contributed by atoms with E-state index in [0.717, 1.165) is 18.0 Å². The third-order valence-electron chi connectivity index (χ3n) is 3.58. The standard InChI is InChI=1S/C18H21NO2/c1-4-19(17-8-6-5-7-14(17)2)13-18(20)15-9-11-16(21-3)12-10-15/h5-12H,4,13H2,1-3H3. The van der Waals surface area contributed by atoms with E-state index >= 15 is 0 Å². The highest BCUT2D eigenvalue weighted by atomic mass is 16.5. The smallest absolute Gasteiger partial charge is 0.182 e. The van der Waals surface area contributed by atoms with Gasteiger partial charge in [0.2, 0.25) is 0 Å². The van der Waals surface area contributed by atoms with Gasteiger partial charge in [-0.1, -0.05) is 18.2 Å². The molecule has 0 spiro atoms. The Morgan fingerprint density at radius 3 is 2.33 bits per heavy atom. The Kier molecular flexibility index (Phi) is 4.99. The van der Waals surface area contributed by atoms with Crippen LogP contribution < -0.4 is 9.64 Å². The van der Waals surface area contributed by atoms with Crippen LogP contribution in [0.25, 0.3) is 0 Å². The molecule has 0 aliphatic rings. The van der Waals surface area contributed by atoms with E-state index in [9.17, 15) is 4.79 Å². The Balaban J connectivity index is 2.14. The van der Waals surface area contributed by atoms with E-state index < -0.39 is 0 Å². The highest BCUT2D eigenvalue weighted by Gasteiger charge is 2.13. The van der Waals surface area contributed by atoms with E-state index in [1.807, 2.05) is 36.4 Å². The van der Waals surface area contributed by atoms with E-state index in [-0.39, 0.29) is 5.78 Å². The first kappa shape index (κ1) is 15.1. The van der Waals surface area contributed by atoms with Gasteiger partial charge in [-0.3, -0.25) is 4.79 Å². The molecule has 0 unspecified atom stereocenters. The first-order valence-corrected chi connectivity index (χ1v) is 7.13. The number of ketones is 1. The molecule has 0 saturated carbocycles. The van der Waals surface area contributed by atoms with Crippen molar-refractivity contribution < 1.29 is 9.53 Å². The Morgan fingerprint density at radius 2 is 1.76 bits per heavy atom. The predicted molar refractivity (Wildman–Crippen MR) is 86.4 cm³/mol. The second kappa shape index (κ2) is 6.93. The summed E-state index contributed by atoms with van der Waals surface area (Å²) in [6.45, 7) is 5.31. The summed E-state index contributed by atoms with van der Waals surface area (Å²) >= 11 is 0. The topological polar surface area (TPSA) is 29.5 Å². The number of hydrogen-bond acceptors (Lipinski definition) is 3. The quantitative estimate of drug-likeness (QED) is 0.757. The number of likely N-dealkylation sites (N-methyl/N-ethyl adjacent to an activating group) is 1. The highest BCUT2D eigenvalue weighted by Crippen LogP contribution is 2.20. The molecule has 0 aliphatic carbocycles. The second-order valence-electron chi connectivity index (χ2n) is 4.95. The summed E-state index contributed by atoms with van der Waals surface area (Å²) in [5, 5.41) is 0. The van der Waals surface area contributed by atoms with Gasteiger partial charge in [-0.2, -0.15) is 0 Å². The number of aryl methyl sites for hydroxylation is 1. The van der Waals surface area contributed by atoms with Crippen LogP contribution in [0.3, 0.4) is 0 Å². The molecular formula is C18H21NO2. The number of nitrogens with zero attached hydrogens (tertiary/aromatic N) is 1. The number of Topliss-reactive ketones (excluding diaryl/α,β-unsaturated/α-hetero) is 1. The summed E-state index contributed by atoms with van der Waals surface area (Å²) in [6.07, 6.45) is 0. The number of carbonyl (C=O) groups excluding carboxylic acids is 1. The average Bonchev–Trinajstić information content (AvgIpc) is 2.53. The van der Waals surface area contributed by atoms with Crippen molar-refractivity contribution in [2.45, 2.75) is 13.8 Å². The van der Waals surface area contributed by atoms with Crippen LogP contribution in [0.1, 0.15) is 22.8 Å².